The lowest BCUT2D eigenvalue weighted by molar-refractivity contribution is -0.384. The van der Waals surface area contributed by atoms with Gasteiger partial charge in [-0.25, -0.2) is 0 Å². The van der Waals surface area contributed by atoms with Crippen molar-refractivity contribution in [2.24, 2.45) is 0 Å². The van der Waals surface area contributed by atoms with Crippen LogP contribution < -0.4 is 0 Å². The van der Waals surface area contributed by atoms with Crippen LogP contribution in [-0.2, 0) is 0 Å². The molecule has 0 aliphatic heterocycles. The van der Waals surface area contributed by atoms with Crippen LogP contribution in [0.5, 0.6) is 5.75 Å². The maximum atomic E-state index is 10.9. The Bertz CT molecular complexity index is 866. The molecule has 0 radical (unpaired) electrons. The number of phenols is 1. The van der Waals surface area contributed by atoms with Crippen LogP contribution in [0.3, 0.4) is 0 Å². The molecule has 1 aromatic heterocycles. The lowest BCUT2D eigenvalue weighted by atomic mass is 10.1. The molecule has 24 heavy (non-hydrogen) atoms. The summed E-state index contributed by atoms with van der Waals surface area (Å²) in [7, 11) is 0. The number of thioether (sulfide) groups is 1. The van der Waals surface area contributed by atoms with E-state index in [2.05, 4.69) is 15.5 Å². The van der Waals surface area contributed by atoms with Crippen LogP contribution in [0.2, 0.25) is 0 Å². The third-order valence-corrected chi connectivity index (χ3v) is 4.46. The minimum absolute atomic E-state index is 0.0538. The Labute approximate surface area is 141 Å². The summed E-state index contributed by atoms with van der Waals surface area (Å²) in [6.45, 7) is 1.93. The SMILES string of the molecule is CC(Sc1nnnn1-c1ccc(O)cc1)c1cccc([N+](=O)[O-])c1. The zero-order chi connectivity index (χ0) is 17.1. The first-order chi connectivity index (χ1) is 11.5. The van der Waals surface area contributed by atoms with E-state index in [1.165, 1.54) is 17.8 Å². The number of nitro groups is 1. The van der Waals surface area contributed by atoms with Gasteiger partial charge in [0.1, 0.15) is 5.75 Å². The first-order valence-electron chi connectivity index (χ1n) is 7.03. The van der Waals surface area contributed by atoms with Gasteiger partial charge in [-0.2, -0.15) is 4.68 Å². The molecule has 0 amide bonds. The molecule has 9 heteroatoms. The van der Waals surface area contributed by atoms with Gasteiger partial charge in [0.2, 0.25) is 5.16 Å². The van der Waals surface area contributed by atoms with E-state index in [1.54, 1.807) is 41.1 Å². The second-order valence-electron chi connectivity index (χ2n) is 5.00. The molecule has 122 valence electrons. The number of hydrogen-bond acceptors (Lipinski definition) is 7. The van der Waals surface area contributed by atoms with Crippen LogP contribution in [0.25, 0.3) is 5.69 Å². The highest BCUT2D eigenvalue weighted by molar-refractivity contribution is 7.99. The van der Waals surface area contributed by atoms with Crippen molar-refractivity contribution in [2.75, 3.05) is 0 Å². The Hall–Kier alpha value is -2.94. The second-order valence-corrected chi connectivity index (χ2v) is 6.31. The fourth-order valence-corrected chi connectivity index (χ4v) is 3.05. The number of aromatic hydroxyl groups is 1. The molecule has 1 atom stereocenters. The second kappa shape index (κ2) is 6.67. The number of non-ortho nitro benzene ring substituents is 1. The van der Waals surface area contributed by atoms with Crippen LogP contribution in [0.1, 0.15) is 17.7 Å². The zero-order valence-corrected chi connectivity index (χ0v) is 13.4. The number of hydrogen-bond donors (Lipinski definition) is 1. The maximum Gasteiger partial charge on any atom is 0.269 e. The number of phenolic OH excluding ortho intramolecular Hbond substituents is 1. The summed E-state index contributed by atoms with van der Waals surface area (Å²) in [5, 5.41) is 32.4. The van der Waals surface area contributed by atoms with Gasteiger partial charge < -0.3 is 5.11 Å². The average Bonchev–Trinajstić information content (AvgIpc) is 3.03. The molecule has 2 aromatic carbocycles. The molecule has 3 rings (SSSR count). The molecular weight excluding hydrogens is 330 g/mol. The summed E-state index contributed by atoms with van der Waals surface area (Å²) in [4.78, 5) is 10.5. The number of rotatable bonds is 5. The predicted molar refractivity (Wildman–Crippen MR) is 88.2 cm³/mol. The standard InChI is InChI=1S/C15H13N5O3S/c1-10(11-3-2-4-13(9-11)20(22)23)24-15-16-17-18-19(15)12-5-7-14(21)8-6-12/h2-10,21H,1H3. The Kier molecular flexibility index (Phi) is 4.43. The smallest absolute Gasteiger partial charge is 0.269 e. The number of nitro benzene ring substituents is 1. The number of aromatic nitrogens is 4. The van der Waals surface area contributed by atoms with Gasteiger partial charge in [0.25, 0.3) is 5.69 Å². The fourth-order valence-electron chi connectivity index (χ4n) is 2.13. The fraction of sp³-hybridized carbons (Fsp3) is 0.133. The molecule has 1 heterocycles. The average molecular weight is 343 g/mol. The molecule has 0 aliphatic carbocycles. The zero-order valence-electron chi connectivity index (χ0n) is 12.6. The van der Waals surface area contributed by atoms with Gasteiger partial charge in [-0.3, -0.25) is 10.1 Å². The molecule has 0 fully saturated rings. The Balaban J connectivity index is 1.84. The van der Waals surface area contributed by atoms with Crippen molar-refractivity contribution < 1.29 is 10.0 Å². The maximum absolute atomic E-state index is 10.9. The summed E-state index contributed by atoms with van der Waals surface area (Å²) in [5.74, 6) is 0.158. The molecule has 0 aliphatic rings. The van der Waals surface area contributed by atoms with Crippen LogP contribution in [0.15, 0.2) is 53.7 Å². The topological polar surface area (TPSA) is 107 Å². The molecule has 0 saturated heterocycles. The molecule has 1 unspecified atom stereocenters. The van der Waals surface area contributed by atoms with Crippen molar-refractivity contribution >= 4 is 17.4 Å². The molecule has 1 N–H and O–H groups in total. The molecule has 0 saturated carbocycles. The Morgan fingerprint density at radius 1 is 1.25 bits per heavy atom. The Morgan fingerprint density at radius 2 is 2.00 bits per heavy atom. The van der Waals surface area contributed by atoms with E-state index in [0.29, 0.717) is 10.8 Å². The lowest BCUT2D eigenvalue weighted by Gasteiger charge is -2.11. The van der Waals surface area contributed by atoms with Gasteiger partial charge in [-0.15, -0.1) is 5.10 Å². The molecule has 0 spiro atoms. The van der Waals surface area contributed by atoms with E-state index in [9.17, 15) is 15.2 Å². The molecule has 0 bridgehead atoms. The van der Waals surface area contributed by atoms with Crippen LogP contribution in [0.4, 0.5) is 5.69 Å². The van der Waals surface area contributed by atoms with Crippen LogP contribution >= 0.6 is 11.8 Å². The summed E-state index contributed by atoms with van der Waals surface area (Å²) in [6, 6.07) is 13.0. The van der Waals surface area contributed by atoms with E-state index < -0.39 is 4.92 Å². The van der Waals surface area contributed by atoms with Gasteiger partial charge in [-0.05, 0) is 47.2 Å². The lowest BCUT2D eigenvalue weighted by Crippen LogP contribution is -2.00. The van der Waals surface area contributed by atoms with Gasteiger partial charge in [0.15, 0.2) is 0 Å². The quantitative estimate of drug-likeness (QED) is 0.431. The highest BCUT2D eigenvalue weighted by atomic mass is 32.2. The minimum atomic E-state index is -0.415. The van der Waals surface area contributed by atoms with E-state index in [1.807, 2.05) is 13.0 Å². The minimum Gasteiger partial charge on any atom is -0.508 e. The highest BCUT2D eigenvalue weighted by Crippen LogP contribution is 2.35. The summed E-state index contributed by atoms with van der Waals surface area (Å²) in [5.41, 5.74) is 1.58. The predicted octanol–water partition coefficient (Wildman–Crippen LogP) is 3.13. The highest BCUT2D eigenvalue weighted by Gasteiger charge is 2.16. The molecular formula is C15H13N5O3S. The van der Waals surface area contributed by atoms with E-state index in [0.717, 1.165) is 5.56 Å². The normalized spacial score (nSPS) is 12.0. The van der Waals surface area contributed by atoms with Crippen LogP contribution in [0, 0.1) is 10.1 Å². The largest absolute Gasteiger partial charge is 0.508 e. The van der Waals surface area contributed by atoms with Crippen molar-refractivity contribution in [3.63, 3.8) is 0 Å². The van der Waals surface area contributed by atoms with Gasteiger partial charge in [0.05, 0.1) is 10.6 Å². The first kappa shape index (κ1) is 15.9. The van der Waals surface area contributed by atoms with Crippen LogP contribution in [-0.4, -0.2) is 30.2 Å². The van der Waals surface area contributed by atoms with E-state index in [-0.39, 0.29) is 16.7 Å². The number of benzene rings is 2. The summed E-state index contributed by atoms with van der Waals surface area (Å²) >= 11 is 1.39. The third-order valence-electron chi connectivity index (χ3n) is 3.37. The van der Waals surface area contributed by atoms with Crippen molar-refractivity contribution in [1.29, 1.82) is 0 Å². The molecule has 8 nitrogen and oxygen atoms in total. The van der Waals surface area contributed by atoms with Gasteiger partial charge in [0, 0.05) is 17.4 Å². The van der Waals surface area contributed by atoms with Crippen molar-refractivity contribution in [3.05, 3.63) is 64.2 Å². The van der Waals surface area contributed by atoms with E-state index >= 15 is 0 Å². The van der Waals surface area contributed by atoms with Crippen molar-refractivity contribution in [1.82, 2.24) is 20.2 Å². The van der Waals surface area contributed by atoms with E-state index in [4.69, 9.17) is 0 Å². The summed E-state index contributed by atoms with van der Waals surface area (Å²) in [6.07, 6.45) is 0. The monoisotopic (exact) mass is 343 g/mol. The van der Waals surface area contributed by atoms with Crippen molar-refractivity contribution in [2.45, 2.75) is 17.3 Å². The number of nitrogens with zero attached hydrogens (tertiary/aromatic N) is 5. The number of tetrazole rings is 1. The summed E-state index contributed by atoms with van der Waals surface area (Å²) < 4.78 is 1.55. The Morgan fingerprint density at radius 3 is 2.71 bits per heavy atom. The van der Waals surface area contributed by atoms with Gasteiger partial charge in [-0.1, -0.05) is 23.9 Å². The van der Waals surface area contributed by atoms with Crippen molar-refractivity contribution in [3.8, 4) is 11.4 Å². The first-order valence-corrected chi connectivity index (χ1v) is 7.91. The van der Waals surface area contributed by atoms with Gasteiger partial charge >= 0.3 is 0 Å². The third kappa shape index (κ3) is 3.35. The molecule has 3 aromatic rings.